The predicted molar refractivity (Wildman–Crippen MR) is 74.4 cm³/mol. The van der Waals surface area contributed by atoms with E-state index in [9.17, 15) is 14.4 Å². The second kappa shape index (κ2) is 5.24. The van der Waals surface area contributed by atoms with Crippen molar-refractivity contribution in [1.29, 1.82) is 0 Å². The Labute approximate surface area is 120 Å². The van der Waals surface area contributed by atoms with Crippen LogP contribution in [0.25, 0.3) is 0 Å². The van der Waals surface area contributed by atoms with Gasteiger partial charge in [0.05, 0.1) is 11.1 Å². The second-order valence-corrected chi connectivity index (χ2v) is 4.74. The largest absolute Gasteiger partial charge is 0.367 e. The summed E-state index contributed by atoms with van der Waals surface area (Å²) >= 11 is 0. The number of carbonyl (C=O) groups is 3. The number of rotatable bonds is 4. The van der Waals surface area contributed by atoms with Crippen LogP contribution in [0, 0.1) is 0 Å². The second-order valence-electron chi connectivity index (χ2n) is 4.74. The first-order valence-electron chi connectivity index (χ1n) is 6.50. The highest BCUT2D eigenvalue weighted by Gasteiger charge is 2.36. The standard InChI is InChI=1S/C15H13N3O3/c19-13(17-8-10-5-6-16-7-10)9-18-14(20)11-3-1-2-4-12(11)15(18)21/h1-7,16H,8-9H2,(H,17,19). The zero-order valence-electron chi connectivity index (χ0n) is 11.1. The summed E-state index contributed by atoms with van der Waals surface area (Å²) in [7, 11) is 0. The third kappa shape index (κ3) is 2.43. The number of aromatic nitrogens is 1. The maximum absolute atomic E-state index is 12.1. The van der Waals surface area contributed by atoms with E-state index in [0.717, 1.165) is 10.5 Å². The van der Waals surface area contributed by atoms with Gasteiger partial charge in [0.1, 0.15) is 6.54 Å². The molecule has 0 saturated carbocycles. The fraction of sp³-hybridized carbons (Fsp3) is 0.133. The number of imide groups is 1. The van der Waals surface area contributed by atoms with Crippen LogP contribution in [0.3, 0.4) is 0 Å². The average molecular weight is 283 g/mol. The van der Waals surface area contributed by atoms with Crippen LogP contribution in [0.1, 0.15) is 26.3 Å². The Balaban J connectivity index is 1.65. The van der Waals surface area contributed by atoms with Crippen molar-refractivity contribution in [2.75, 3.05) is 6.54 Å². The van der Waals surface area contributed by atoms with Crippen LogP contribution < -0.4 is 5.32 Å². The molecule has 0 saturated heterocycles. The van der Waals surface area contributed by atoms with Gasteiger partial charge in [0.15, 0.2) is 0 Å². The van der Waals surface area contributed by atoms with E-state index >= 15 is 0 Å². The van der Waals surface area contributed by atoms with E-state index in [2.05, 4.69) is 10.3 Å². The van der Waals surface area contributed by atoms with Crippen molar-refractivity contribution in [2.45, 2.75) is 6.54 Å². The van der Waals surface area contributed by atoms with Gasteiger partial charge in [-0.15, -0.1) is 0 Å². The molecule has 1 aliphatic heterocycles. The summed E-state index contributed by atoms with van der Waals surface area (Å²) in [6.07, 6.45) is 3.52. The molecule has 0 atom stereocenters. The number of hydrogen-bond acceptors (Lipinski definition) is 3. The summed E-state index contributed by atoms with van der Waals surface area (Å²) in [5.41, 5.74) is 1.62. The molecule has 0 aliphatic carbocycles. The highest BCUT2D eigenvalue weighted by atomic mass is 16.2. The SMILES string of the molecule is O=C(CN1C(=O)c2ccccc2C1=O)NCc1cc[nH]c1. The molecule has 3 amide bonds. The Kier molecular flexibility index (Phi) is 3.27. The van der Waals surface area contributed by atoms with E-state index in [1.54, 1.807) is 36.7 Å². The predicted octanol–water partition coefficient (Wildman–Crippen LogP) is 0.927. The number of aromatic amines is 1. The summed E-state index contributed by atoms with van der Waals surface area (Å²) in [5, 5.41) is 2.67. The molecule has 21 heavy (non-hydrogen) atoms. The van der Waals surface area contributed by atoms with Crippen LogP contribution in [-0.4, -0.2) is 34.2 Å². The molecule has 6 heteroatoms. The maximum Gasteiger partial charge on any atom is 0.262 e. The Morgan fingerprint density at radius 1 is 1.10 bits per heavy atom. The molecule has 1 aromatic carbocycles. The van der Waals surface area contributed by atoms with Crippen molar-refractivity contribution >= 4 is 17.7 Å². The molecule has 6 nitrogen and oxygen atoms in total. The van der Waals surface area contributed by atoms with Gasteiger partial charge in [0, 0.05) is 18.9 Å². The van der Waals surface area contributed by atoms with Crippen LogP contribution in [0.4, 0.5) is 0 Å². The molecule has 0 spiro atoms. The topological polar surface area (TPSA) is 82.3 Å². The molecule has 0 unspecified atom stereocenters. The number of H-pyrrole nitrogens is 1. The molecule has 3 rings (SSSR count). The molecule has 0 fully saturated rings. The Morgan fingerprint density at radius 3 is 2.33 bits per heavy atom. The van der Waals surface area contributed by atoms with E-state index in [4.69, 9.17) is 0 Å². The number of nitrogens with zero attached hydrogens (tertiary/aromatic N) is 1. The van der Waals surface area contributed by atoms with Gasteiger partial charge >= 0.3 is 0 Å². The molecule has 2 heterocycles. The Hall–Kier alpha value is -2.89. The van der Waals surface area contributed by atoms with Gasteiger partial charge in [-0.3, -0.25) is 19.3 Å². The molecule has 1 aromatic heterocycles. The zero-order chi connectivity index (χ0) is 14.8. The quantitative estimate of drug-likeness (QED) is 0.819. The summed E-state index contributed by atoms with van der Waals surface area (Å²) in [5.74, 6) is -1.22. The first-order chi connectivity index (χ1) is 10.2. The fourth-order valence-corrected chi connectivity index (χ4v) is 2.25. The van der Waals surface area contributed by atoms with E-state index < -0.39 is 11.8 Å². The molecular formula is C15H13N3O3. The lowest BCUT2D eigenvalue weighted by molar-refractivity contribution is -0.121. The third-order valence-corrected chi connectivity index (χ3v) is 3.33. The van der Waals surface area contributed by atoms with E-state index in [0.29, 0.717) is 17.7 Å². The first kappa shape index (κ1) is 13.1. The number of fused-ring (bicyclic) bond motifs is 1. The molecule has 0 bridgehead atoms. The lowest BCUT2D eigenvalue weighted by Crippen LogP contribution is -2.40. The molecule has 1 aliphatic rings. The van der Waals surface area contributed by atoms with Gasteiger partial charge in [-0.1, -0.05) is 12.1 Å². The van der Waals surface area contributed by atoms with Crippen LogP contribution in [0.15, 0.2) is 42.7 Å². The number of carbonyl (C=O) groups excluding carboxylic acids is 3. The molecule has 2 aromatic rings. The van der Waals surface area contributed by atoms with E-state index in [1.165, 1.54) is 0 Å². The number of nitrogens with one attached hydrogen (secondary N) is 2. The summed E-state index contributed by atoms with van der Waals surface area (Å²) in [6.45, 7) is 0.0856. The van der Waals surface area contributed by atoms with Gasteiger partial charge in [-0.2, -0.15) is 0 Å². The number of benzene rings is 1. The third-order valence-electron chi connectivity index (χ3n) is 3.33. The van der Waals surface area contributed by atoms with E-state index in [-0.39, 0.29) is 12.5 Å². The first-order valence-corrected chi connectivity index (χ1v) is 6.50. The summed E-state index contributed by atoms with van der Waals surface area (Å²) in [4.78, 5) is 39.9. The highest BCUT2D eigenvalue weighted by Crippen LogP contribution is 2.21. The molecule has 0 radical (unpaired) electrons. The van der Waals surface area contributed by atoms with Crippen LogP contribution in [0.5, 0.6) is 0 Å². The number of hydrogen-bond donors (Lipinski definition) is 2. The van der Waals surface area contributed by atoms with E-state index in [1.807, 2.05) is 6.07 Å². The number of amides is 3. The normalized spacial score (nSPS) is 13.4. The minimum atomic E-state index is -0.424. The van der Waals surface area contributed by atoms with Gasteiger partial charge in [0.2, 0.25) is 5.91 Å². The fourth-order valence-electron chi connectivity index (χ4n) is 2.25. The minimum absolute atomic E-state index is 0.267. The molecule has 2 N–H and O–H groups in total. The Morgan fingerprint density at radius 2 is 1.76 bits per heavy atom. The van der Waals surface area contributed by atoms with Crippen molar-refractivity contribution in [2.24, 2.45) is 0 Å². The van der Waals surface area contributed by atoms with Gasteiger partial charge < -0.3 is 10.3 Å². The zero-order valence-corrected chi connectivity index (χ0v) is 11.1. The summed E-state index contributed by atoms with van der Waals surface area (Å²) < 4.78 is 0. The summed E-state index contributed by atoms with van der Waals surface area (Å²) in [6, 6.07) is 8.40. The van der Waals surface area contributed by atoms with Crippen molar-refractivity contribution in [3.63, 3.8) is 0 Å². The van der Waals surface area contributed by atoms with Crippen molar-refractivity contribution in [3.8, 4) is 0 Å². The average Bonchev–Trinajstić information content (AvgIpc) is 3.09. The van der Waals surface area contributed by atoms with Gasteiger partial charge in [-0.05, 0) is 23.8 Å². The molecule has 106 valence electrons. The Bertz CT molecular complexity index is 672. The van der Waals surface area contributed by atoms with Crippen molar-refractivity contribution in [3.05, 3.63) is 59.4 Å². The molecular weight excluding hydrogens is 270 g/mol. The van der Waals surface area contributed by atoms with Crippen molar-refractivity contribution < 1.29 is 14.4 Å². The lowest BCUT2D eigenvalue weighted by Gasteiger charge is -2.13. The van der Waals surface area contributed by atoms with Crippen LogP contribution >= 0.6 is 0 Å². The van der Waals surface area contributed by atoms with Crippen LogP contribution in [-0.2, 0) is 11.3 Å². The minimum Gasteiger partial charge on any atom is -0.367 e. The monoisotopic (exact) mass is 283 g/mol. The van der Waals surface area contributed by atoms with Crippen molar-refractivity contribution in [1.82, 2.24) is 15.2 Å². The maximum atomic E-state index is 12.1. The smallest absolute Gasteiger partial charge is 0.262 e. The van der Waals surface area contributed by atoms with Crippen LogP contribution in [0.2, 0.25) is 0 Å². The highest BCUT2D eigenvalue weighted by molar-refractivity contribution is 6.22. The van der Waals surface area contributed by atoms with Gasteiger partial charge in [0.25, 0.3) is 11.8 Å². The lowest BCUT2D eigenvalue weighted by atomic mass is 10.1. The van der Waals surface area contributed by atoms with Gasteiger partial charge in [-0.25, -0.2) is 0 Å².